The summed E-state index contributed by atoms with van der Waals surface area (Å²) >= 11 is 0. The van der Waals surface area contributed by atoms with Crippen LogP contribution in [-0.4, -0.2) is 51.6 Å². The van der Waals surface area contributed by atoms with Crippen molar-refractivity contribution in [2.24, 2.45) is 5.73 Å². The maximum atomic E-state index is 11.5. The standard InChI is InChI=1S/C16H16N6O2/c17-14(23)13-10-22-9-12(11-2-1-3-18-8-11)19-15(16(22)20-13)21-4-6-24-7-5-21/h1-3,8-10H,4-7H2,(H2,17,23). The van der Waals surface area contributed by atoms with Gasteiger partial charge in [0.05, 0.1) is 18.9 Å². The van der Waals surface area contributed by atoms with E-state index in [1.165, 1.54) is 0 Å². The van der Waals surface area contributed by atoms with Gasteiger partial charge in [0.2, 0.25) is 0 Å². The van der Waals surface area contributed by atoms with Gasteiger partial charge in [-0.2, -0.15) is 0 Å². The van der Waals surface area contributed by atoms with Gasteiger partial charge < -0.3 is 19.8 Å². The van der Waals surface area contributed by atoms with Gasteiger partial charge >= 0.3 is 0 Å². The van der Waals surface area contributed by atoms with Crippen LogP contribution in [0.3, 0.4) is 0 Å². The lowest BCUT2D eigenvalue weighted by Gasteiger charge is -2.28. The van der Waals surface area contributed by atoms with Crippen molar-refractivity contribution in [3.8, 4) is 11.3 Å². The molecule has 8 heteroatoms. The molecule has 8 nitrogen and oxygen atoms in total. The van der Waals surface area contributed by atoms with E-state index in [1.54, 1.807) is 23.0 Å². The highest BCUT2D eigenvalue weighted by molar-refractivity contribution is 5.92. The van der Waals surface area contributed by atoms with E-state index in [4.69, 9.17) is 15.5 Å². The number of ether oxygens (including phenoxy) is 1. The van der Waals surface area contributed by atoms with E-state index in [0.29, 0.717) is 24.7 Å². The van der Waals surface area contributed by atoms with E-state index in [9.17, 15) is 4.79 Å². The van der Waals surface area contributed by atoms with Gasteiger partial charge in [0.15, 0.2) is 11.5 Å². The van der Waals surface area contributed by atoms with Crippen LogP contribution >= 0.6 is 0 Å². The quantitative estimate of drug-likeness (QED) is 0.762. The Bertz CT molecular complexity index is 886. The number of nitrogens with zero attached hydrogens (tertiary/aromatic N) is 5. The second kappa shape index (κ2) is 5.89. The number of carbonyl (C=O) groups excluding carboxylic acids is 1. The van der Waals surface area contributed by atoms with Gasteiger partial charge in [-0.1, -0.05) is 0 Å². The monoisotopic (exact) mass is 324 g/mol. The van der Waals surface area contributed by atoms with Crippen molar-refractivity contribution in [1.82, 2.24) is 19.4 Å². The molecule has 0 saturated carbocycles. The summed E-state index contributed by atoms with van der Waals surface area (Å²) < 4.78 is 7.20. The Balaban J connectivity index is 1.90. The van der Waals surface area contributed by atoms with Gasteiger partial charge in [-0.25, -0.2) is 9.97 Å². The van der Waals surface area contributed by atoms with E-state index >= 15 is 0 Å². The Morgan fingerprint density at radius 1 is 1.21 bits per heavy atom. The Morgan fingerprint density at radius 3 is 2.75 bits per heavy atom. The lowest BCUT2D eigenvalue weighted by molar-refractivity contribution is 0.0996. The van der Waals surface area contributed by atoms with Crippen molar-refractivity contribution in [3.63, 3.8) is 0 Å². The van der Waals surface area contributed by atoms with E-state index in [-0.39, 0.29) is 5.69 Å². The zero-order valence-electron chi connectivity index (χ0n) is 12.9. The molecule has 1 saturated heterocycles. The minimum atomic E-state index is -0.561. The van der Waals surface area contributed by atoms with Crippen molar-refractivity contribution in [3.05, 3.63) is 42.6 Å². The minimum Gasteiger partial charge on any atom is -0.378 e. The average Bonchev–Trinajstić information content (AvgIpc) is 3.07. The van der Waals surface area contributed by atoms with Crippen molar-refractivity contribution in [2.75, 3.05) is 31.2 Å². The average molecular weight is 324 g/mol. The fourth-order valence-corrected chi connectivity index (χ4v) is 2.74. The molecule has 0 radical (unpaired) electrons. The van der Waals surface area contributed by atoms with E-state index in [1.807, 2.05) is 18.3 Å². The number of rotatable bonds is 3. The normalized spacial score (nSPS) is 14.9. The third-order valence-electron chi connectivity index (χ3n) is 3.94. The highest BCUT2D eigenvalue weighted by atomic mass is 16.5. The molecule has 0 aromatic carbocycles. The van der Waals surface area contributed by atoms with Crippen LogP contribution < -0.4 is 10.6 Å². The number of anilines is 1. The lowest BCUT2D eigenvalue weighted by atomic mass is 10.2. The Morgan fingerprint density at radius 2 is 2.04 bits per heavy atom. The van der Waals surface area contributed by atoms with Crippen LogP contribution in [0.2, 0.25) is 0 Å². The van der Waals surface area contributed by atoms with Crippen molar-refractivity contribution in [1.29, 1.82) is 0 Å². The Labute approximate surface area is 137 Å². The van der Waals surface area contributed by atoms with Crippen molar-refractivity contribution in [2.45, 2.75) is 0 Å². The summed E-state index contributed by atoms with van der Waals surface area (Å²) in [6.45, 7) is 2.71. The molecule has 3 aromatic heterocycles. The number of nitrogens with two attached hydrogens (primary N) is 1. The molecule has 1 fully saturated rings. The SMILES string of the molecule is NC(=O)c1cn2cc(-c3cccnc3)nc(N3CCOCC3)c2n1. The molecule has 0 atom stereocenters. The number of primary amides is 1. The summed E-state index contributed by atoms with van der Waals surface area (Å²) in [4.78, 5) is 26.9. The van der Waals surface area contributed by atoms with Crippen LogP contribution in [0.15, 0.2) is 36.9 Å². The minimum absolute atomic E-state index is 0.217. The molecule has 0 unspecified atom stereocenters. The molecular formula is C16H16N6O2. The number of hydrogen-bond donors (Lipinski definition) is 1. The zero-order chi connectivity index (χ0) is 16.5. The fourth-order valence-electron chi connectivity index (χ4n) is 2.74. The second-order valence-corrected chi connectivity index (χ2v) is 5.51. The maximum absolute atomic E-state index is 11.5. The third kappa shape index (κ3) is 2.56. The Hall–Kier alpha value is -3.00. The van der Waals surface area contributed by atoms with Gasteiger partial charge in [0, 0.05) is 43.4 Å². The summed E-state index contributed by atoms with van der Waals surface area (Å²) in [5.41, 5.74) is 7.85. The fraction of sp³-hybridized carbons (Fsp3) is 0.250. The molecule has 1 aliphatic rings. The summed E-state index contributed by atoms with van der Waals surface area (Å²) in [5.74, 6) is 0.154. The number of aromatic nitrogens is 4. The summed E-state index contributed by atoms with van der Waals surface area (Å²) in [7, 11) is 0. The third-order valence-corrected chi connectivity index (χ3v) is 3.94. The number of amides is 1. The highest BCUT2D eigenvalue weighted by Crippen LogP contribution is 2.25. The Kier molecular flexibility index (Phi) is 3.58. The van der Waals surface area contributed by atoms with Gasteiger partial charge in [-0.15, -0.1) is 0 Å². The van der Waals surface area contributed by atoms with Crippen LogP contribution in [0, 0.1) is 0 Å². The maximum Gasteiger partial charge on any atom is 0.268 e. The van der Waals surface area contributed by atoms with Gasteiger partial charge in [-0.3, -0.25) is 9.78 Å². The highest BCUT2D eigenvalue weighted by Gasteiger charge is 2.20. The second-order valence-electron chi connectivity index (χ2n) is 5.51. The molecule has 1 aliphatic heterocycles. The number of carbonyl (C=O) groups is 1. The number of hydrogen-bond acceptors (Lipinski definition) is 6. The van der Waals surface area contributed by atoms with Crippen LogP contribution in [0.5, 0.6) is 0 Å². The molecule has 24 heavy (non-hydrogen) atoms. The van der Waals surface area contributed by atoms with E-state index < -0.39 is 5.91 Å². The molecule has 122 valence electrons. The van der Waals surface area contributed by atoms with Gasteiger partial charge in [0.25, 0.3) is 5.91 Å². The lowest BCUT2D eigenvalue weighted by Crippen LogP contribution is -2.37. The predicted molar refractivity (Wildman–Crippen MR) is 87.8 cm³/mol. The molecular weight excluding hydrogens is 308 g/mol. The molecule has 3 aromatic rings. The number of pyridine rings is 1. The molecule has 0 spiro atoms. The predicted octanol–water partition coefficient (Wildman–Crippen LogP) is 0.727. The smallest absolute Gasteiger partial charge is 0.268 e. The van der Waals surface area contributed by atoms with Gasteiger partial charge in [0.1, 0.15) is 5.69 Å². The zero-order valence-corrected chi connectivity index (χ0v) is 12.9. The van der Waals surface area contributed by atoms with Crippen LogP contribution in [0.1, 0.15) is 10.5 Å². The van der Waals surface area contributed by atoms with Crippen LogP contribution in [-0.2, 0) is 4.74 Å². The van der Waals surface area contributed by atoms with Crippen LogP contribution in [0.25, 0.3) is 16.9 Å². The van der Waals surface area contributed by atoms with E-state index in [0.717, 1.165) is 24.3 Å². The van der Waals surface area contributed by atoms with Gasteiger partial charge in [-0.05, 0) is 12.1 Å². The van der Waals surface area contributed by atoms with E-state index in [2.05, 4.69) is 14.9 Å². The molecule has 4 rings (SSSR count). The number of morpholine rings is 1. The summed E-state index contributed by atoms with van der Waals surface area (Å²) in [5, 5.41) is 0. The molecule has 4 heterocycles. The topological polar surface area (TPSA) is 98.6 Å². The molecule has 0 bridgehead atoms. The van der Waals surface area contributed by atoms with Crippen LogP contribution in [0.4, 0.5) is 5.82 Å². The molecule has 1 amide bonds. The number of imidazole rings is 1. The first kappa shape index (κ1) is 14.6. The molecule has 2 N–H and O–H groups in total. The first-order valence-electron chi connectivity index (χ1n) is 7.65. The summed E-state index contributed by atoms with van der Waals surface area (Å²) in [6, 6.07) is 3.80. The molecule has 0 aliphatic carbocycles. The largest absolute Gasteiger partial charge is 0.378 e. The van der Waals surface area contributed by atoms with Crippen molar-refractivity contribution >= 4 is 17.4 Å². The first-order valence-corrected chi connectivity index (χ1v) is 7.65. The number of fused-ring (bicyclic) bond motifs is 1. The van der Waals surface area contributed by atoms with Crippen molar-refractivity contribution < 1.29 is 9.53 Å². The first-order chi connectivity index (χ1) is 11.7. The summed E-state index contributed by atoms with van der Waals surface area (Å²) in [6.07, 6.45) is 6.93.